The van der Waals surface area contributed by atoms with Crippen molar-refractivity contribution in [3.8, 4) is 0 Å². The maximum atomic E-state index is 14.2. The van der Waals surface area contributed by atoms with Crippen LogP contribution in [0.25, 0.3) is 0 Å². The van der Waals surface area contributed by atoms with E-state index in [-0.39, 0.29) is 31.0 Å². The van der Waals surface area contributed by atoms with Crippen LogP contribution < -0.4 is 21.7 Å². The van der Waals surface area contributed by atoms with E-state index in [0.29, 0.717) is 12.3 Å². The van der Waals surface area contributed by atoms with Gasteiger partial charge in [0.1, 0.15) is 12.1 Å². The molecule has 0 spiro atoms. The van der Waals surface area contributed by atoms with E-state index in [9.17, 15) is 41.9 Å². The predicted octanol–water partition coefficient (Wildman–Crippen LogP) is 2.93. The van der Waals surface area contributed by atoms with Gasteiger partial charge in [0.15, 0.2) is 0 Å². The van der Waals surface area contributed by atoms with Crippen molar-refractivity contribution >= 4 is 35.4 Å². The second-order valence-electron chi connectivity index (χ2n) is 14.2. The first kappa shape index (κ1) is 42.1. The van der Waals surface area contributed by atoms with Crippen LogP contribution >= 0.6 is 0 Å². The molecule has 1 fully saturated rings. The lowest BCUT2D eigenvalue weighted by atomic mass is 9.81. The molecule has 1 aliphatic rings. The van der Waals surface area contributed by atoms with Crippen molar-refractivity contribution in [1.29, 1.82) is 0 Å². The van der Waals surface area contributed by atoms with Crippen LogP contribution in [0, 0.1) is 29.1 Å². The topological polar surface area (TPSA) is 171 Å². The molecule has 2 unspecified atom stereocenters. The van der Waals surface area contributed by atoms with E-state index < -0.39 is 83.9 Å². The van der Waals surface area contributed by atoms with Crippen molar-refractivity contribution in [2.45, 2.75) is 98.1 Å². The fourth-order valence-corrected chi connectivity index (χ4v) is 5.90. The zero-order valence-electron chi connectivity index (χ0n) is 29.3. The van der Waals surface area contributed by atoms with Crippen LogP contribution in [-0.2, 0) is 24.0 Å². The van der Waals surface area contributed by atoms with Crippen LogP contribution in [0.4, 0.5) is 18.0 Å². The number of hydrogen-bond donors (Lipinski definition) is 4. The van der Waals surface area contributed by atoms with Crippen LogP contribution in [-0.4, -0.2) is 95.7 Å². The molecule has 0 aromatic carbocycles. The molecule has 1 heterocycles. The van der Waals surface area contributed by atoms with Gasteiger partial charge in [0.25, 0.3) is 5.91 Å². The Bertz CT molecular complexity index is 1220. The minimum atomic E-state index is -4.68. The Labute approximate surface area is 281 Å². The summed E-state index contributed by atoms with van der Waals surface area (Å²) in [4.78, 5) is 80.7. The van der Waals surface area contributed by atoms with E-state index in [0.717, 1.165) is 0 Å². The Morgan fingerprint density at radius 2 is 1.60 bits per heavy atom. The number of rotatable bonds is 16. The summed E-state index contributed by atoms with van der Waals surface area (Å²) < 4.78 is 39.1. The number of carbonyl (C=O) groups excluding carboxylic acids is 6. The first-order chi connectivity index (χ1) is 22.0. The van der Waals surface area contributed by atoms with E-state index in [1.165, 1.54) is 9.80 Å². The quantitative estimate of drug-likeness (QED) is 0.144. The molecular weight excluding hydrogens is 633 g/mol. The van der Waals surface area contributed by atoms with Crippen LogP contribution in [0.2, 0.25) is 0 Å². The molecule has 0 radical (unpaired) electrons. The molecule has 6 atom stereocenters. The number of ketones is 1. The van der Waals surface area contributed by atoms with Crippen LogP contribution in [0.15, 0.2) is 25.3 Å². The molecule has 6 amide bonds. The van der Waals surface area contributed by atoms with E-state index in [1.807, 2.05) is 13.8 Å². The first-order valence-electron chi connectivity index (χ1n) is 16.0. The second-order valence-corrected chi connectivity index (χ2v) is 14.2. The number of amides is 6. The Morgan fingerprint density at radius 1 is 1.02 bits per heavy atom. The number of Topliss-reactive ketones (excluding diaryl/α,β-unsaturated/α-hetero) is 1. The molecule has 5 N–H and O–H groups in total. The summed E-state index contributed by atoms with van der Waals surface area (Å²) >= 11 is 0. The lowest BCUT2D eigenvalue weighted by Crippen LogP contribution is -2.61. The number of primary amides is 1. The number of nitrogens with zero attached hydrogens (tertiary/aromatic N) is 2. The largest absolute Gasteiger partial charge is 0.389 e. The molecule has 0 aromatic heterocycles. The van der Waals surface area contributed by atoms with E-state index in [4.69, 9.17) is 5.73 Å². The standard InChI is InChI=1S/C33H53F3N6O6/c1-11-20-17-42(25(24(20)19(5)6)29(46)39-22(26(44)28(37)45)13-14-33(34,35)36)30(47)27(32(7,8)9)40-31(48)38-16-23(43)41(10)21(12-2)15-18(3)4/h11-12,18-22,24-25,27H,1-2,13-17H2,3-10H3,(H2,37,45)(H,39,46)(H2,38,40,48)/t20-,21?,22?,24-,25-,27+/m0/s1. The number of nitrogens with two attached hydrogens (primary N) is 1. The summed E-state index contributed by atoms with van der Waals surface area (Å²) in [5.41, 5.74) is 4.14. The fourth-order valence-electron chi connectivity index (χ4n) is 5.90. The zero-order chi connectivity index (χ0) is 37.3. The maximum Gasteiger partial charge on any atom is 0.389 e. The molecule has 0 saturated carbocycles. The number of alkyl halides is 3. The summed E-state index contributed by atoms with van der Waals surface area (Å²) in [5.74, 6) is -5.89. The number of nitrogens with one attached hydrogen (secondary N) is 3. The molecule has 12 nitrogen and oxygen atoms in total. The van der Waals surface area contributed by atoms with Gasteiger partial charge in [0.05, 0.1) is 12.6 Å². The second kappa shape index (κ2) is 17.5. The summed E-state index contributed by atoms with van der Waals surface area (Å²) in [6, 6.07) is -5.46. The minimum absolute atomic E-state index is 0.0157. The van der Waals surface area contributed by atoms with Crippen LogP contribution in [0.1, 0.15) is 67.7 Å². The van der Waals surface area contributed by atoms with Gasteiger partial charge in [0.2, 0.25) is 23.5 Å². The van der Waals surface area contributed by atoms with E-state index in [1.54, 1.807) is 53.8 Å². The molecule has 1 aliphatic heterocycles. The summed E-state index contributed by atoms with van der Waals surface area (Å²) in [7, 11) is 1.60. The highest BCUT2D eigenvalue weighted by Crippen LogP contribution is 2.38. The molecule has 0 aliphatic carbocycles. The molecule has 48 heavy (non-hydrogen) atoms. The first-order valence-corrected chi connectivity index (χ1v) is 16.0. The molecule has 1 saturated heterocycles. The van der Waals surface area contributed by atoms with Crippen LogP contribution in [0.3, 0.4) is 0 Å². The molecule has 0 bridgehead atoms. The number of hydrogen-bond acceptors (Lipinski definition) is 6. The van der Waals surface area contributed by atoms with Crippen molar-refractivity contribution in [1.82, 2.24) is 25.8 Å². The Hall–Kier alpha value is -3.91. The number of urea groups is 1. The SMILES string of the molecule is C=CC(CC(C)C)N(C)C(=O)CNC(=O)N[C@H](C(=O)N1C[C@H](C=C)[C@H](C(C)C)[C@H]1C(=O)NC(CCC(F)(F)F)C(=O)C(N)=O)C(C)(C)C. The van der Waals surface area contributed by atoms with Gasteiger partial charge < -0.3 is 31.5 Å². The summed E-state index contributed by atoms with van der Waals surface area (Å²) in [6.45, 7) is 19.9. The van der Waals surface area contributed by atoms with Crippen molar-refractivity contribution in [3.63, 3.8) is 0 Å². The third-order valence-electron chi connectivity index (χ3n) is 8.48. The van der Waals surface area contributed by atoms with Crippen molar-refractivity contribution in [2.75, 3.05) is 20.1 Å². The number of carbonyl (C=O) groups is 6. The highest BCUT2D eigenvalue weighted by molar-refractivity contribution is 6.37. The fraction of sp³-hybridized carbons (Fsp3) is 0.697. The highest BCUT2D eigenvalue weighted by Gasteiger charge is 2.51. The summed E-state index contributed by atoms with van der Waals surface area (Å²) in [5, 5.41) is 7.35. The molecule has 15 heteroatoms. The van der Waals surface area contributed by atoms with E-state index >= 15 is 0 Å². The molecule has 1 rings (SSSR count). The zero-order valence-corrected chi connectivity index (χ0v) is 29.3. The number of likely N-dealkylation sites (tertiary alicyclic amines) is 1. The van der Waals surface area contributed by atoms with Gasteiger partial charge in [-0.05, 0) is 41.9 Å². The Kier molecular flexibility index (Phi) is 15.3. The maximum absolute atomic E-state index is 14.2. The van der Waals surface area contributed by atoms with Crippen molar-refractivity contribution in [2.24, 2.45) is 34.8 Å². The molecule has 272 valence electrons. The Balaban J connectivity index is 3.35. The van der Waals surface area contributed by atoms with Gasteiger partial charge in [-0.15, -0.1) is 13.2 Å². The number of halogens is 3. The smallest absolute Gasteiger partial charge is 0.363 e. The minimum Gasteiger partial charge on any atom is -0.363 e. The van der Waals surface area contributed by atoms with Gasteiger partial charge in [-0.2, -0.15) is 13.2 Å². The van der Waals surface area contributed by atoms with Gasteiger partial charge in [-0.3, -0.25) is 24.0 Å². The average Bonchev–Trinajstić information content (AvgIpc) is 3.37. The molecular formula is C33H53F3N6O6. The third-order valence-corrected chi connectivity index (χ3v) is 8.48. The van der Waals surface area contributed by atoms with Gasteiger partial charge in [-0.25, -0.2) is 4.79 Å². The molecule has 0 aromatic rings. The number of likely N-dealkylation sites (N-methyl/N-ethyl adjacent to an activating group) is 1. The highest BCUT2D eigenvalue weighted by atomic mass is 19.4. The van der Waals surface area contributed by atoms with Gasteiger partial charge in [-0.1, -0.05) is 60.6 Å². The third kappa shape index (κ3) is 12.0. The monoisotopic (exact) mass is 686 g/mol. The van der Waals surface area contributed by atoms with Crippen molar-refractivity contribution < 1.29 is 41.9 Å². The predicted molar refractivity (Wildman–Crippen MR) is 175 cm³/mol. The van der Waals surface area contributed by atoms with Gasteiger partial charge >= 0.3 is 12.2 Å². The summed E-state index contributed by atoms with van der Waals surface area (Å²) in [6.07, 6.45) is -3.19. The van der Waals surface area contributed by atoms with Crippen molar-refractivity contribution in [3.05, 3.63) is 25.3 Å². The Morgan fingerprint density at radius 3 is 2.04 bits per heavy atom. The lowest BCUT2D eigenvalue weighted by Gasteiger charge is -2.37. The normalized spacial score (nSPS) is 20.0. The van der Waals surface area contributed by atoms with Crippen LogP contribution in [0.5, 0.6) is 0 Å². The average molecular weight is 687 g/mol. The van der Waals surface area contributed by atoms with Gasteiger partial charge in [0, 0.05) is 26.1 Å². The van der Waals surface area contributed by atoms with E-state index in [2.05, 4.69) is 29.1 Å². The lowest BCUT2D eigenvalue weighted by molar-refractivity contribution is -0.147.